The van der Waals surface area contributed by atoms with Crippen LogP contribution in [0.4, 0.5) is 0 Å². The summed E-state index contributed by atoms with van der Waals surface area (Å²) in [5.41, 5.74) is 1.21. The highest BCUT2D eigenvalue weighted by molar-refractivity contribution is 5.77. The normalized spacial score (nSPS) is 32.7. The molecule has 0 radical (unpaired) electrons. The molecule has 4 heteroatoms. The predicted octanol–water partition coefficient (Wildman–Crippen LogP) is 2.52. The van der Waals surface area contributed by atoms with Gasteiger partial charge in [-0.15, -0.1) is 0 Å². The number of aliphatic hydroxyl groups is 1. The zero-order valence-corrected chi connectivity index (χ0v) is 13.3. The second kappa shape index (κ2) is 6.39. The Bertz CT molecular complexity index is 518. The van der Waals surface area contributed by atoms with E-state index in [1.165, 1.54) is 5.56 Å². The second-order valence-corrected chi connectivity index (χ2v) is 6.43. The number of fused-ring (bicyclic) bond motifs is 3. The number of nitrogens with zero attached hydrogens (tertiary/aromatic N) is 1. The lowest BCUT2D eigenvalue weighted by Gasteiger charge is -2.54. The fraction of sp³-hybridized carbons (Fsp3) is 0.611. The van der Waals surface area contributed by atoms with Crippen LogP contribution in [0.2, 0.25) is 0 Å². The molecular formula is C18H25NO3. The molecule has 22 heavy (non-hydrogen) atoms. The van der Waals surface area contributed by atoms with E-state index in [9.17, 15) is 9.90 Å². The number of ether oxygens (including phenoxy) is 1. The Morgan fingerprint density at radius 1 is 1.36 bits per heavy atom. The van der Waals surface area contributed by atoms with Gasteiger partial charge in [-0.3, -0.25) is 9.69 Å². The SMILES string of the molecule is CCOC(=O)C1C2CCC(CC2O)N1C(C)c1ccccc1. The zero-order chi connectivity index (χ0) is 15.7. The Kier molecular flexibility index (Phi) is 4.50. The Balaban J connectivity index is 1.91. The van der Waals surface area contributed by atoms with Crippen LogP contribution in [0.3, 0.4) is 0 Å². The third-order valence-electron chi connectivity index (χ3n) is 5.25. The van der Waals surface area contributed by atoms with Crippen LogP contribution < -0.4 is 0 Å². The lowest BCUT2D eigenvalue weighted by molar-refractivity contribution is -0.171. The van der Waals surface area contributed by atoms with Gasteiger partial charge in [-0.05, 0) is 38.7 Å². The lowest BCUT2D eigenvalue weighted by atomic mass is 9.71. The van der Waals surface area contributed by atoms with E-state index >= 15 is 0 Å². The number of piperidine rings is 2. The molecule has 4 nitrogen and oxygen atoms in total. The molecule has 5 atom stereocenters. The second-order valence-electron chi connectivity index (χ2n) is 6.43. The van der Waals surface area contributed by atoms with Crippen molar-refractivity contribution in [3.05, 3.63) is 35.9 Å². The fourth-order valence-corrected chi connectivity index (χ4v) is 4.22. The number of esters is 1. The third-order valence-corrected chi connectivity index (χ3v) is 5.25. The molecule has 120 valence electrons. The van der Waals surface area contributed by atoms with Gasteiger partial charge >= 0.3 is 5.97 Å². The third kappa shape index (κ3) is 2.66. The largest absolute Gasteiger partial charge is 0.465 e. The van der Waals surface area contributed by atoms with E-state index in [0.717, 1.165) is 19.3 Å². The van der Waals surface area contributed by atoms with Crippen LogP contribution in [-0.4, -0.2) is 40.8 Å². The summed E-state index contributed by atoms with van der Waals surface area (Å²) in [4.78, 5) is 14.8. The maximum Gasteiger partial charge on any atom is 0.323 e. The van der Waals surface area contributed by atoms with Crippen molar-refractivity contribution in [1.29, 1.82) is 0 Å². The van der Waals surface area contributed by atoms with Crippen molar-refractivity contribution in [2.75, 3.05) is 6.61 Å². The van der Waals surface area contributed by atoms with E-state index in [1.807, 2.05) is 25.1 Å². The number of carbonyl (C=O) groups excluding carboxylic acids is 1. The average molecular weight is 303 g/mol. The number of rotatable bonds is 4. The van der Waals surface area contributed by atoms with Gasteiger partial charge in [-0.1, -0.05) is 30.3 Å². The highest BCUT2D eigenvalue weighted by atomic mass is 16.5. The topological polar surface area (TPSA) is 49.8 Å². The Morgan fingerprint density at radius 2 is 2.09 bits per heavy atom. The van der Waals surface area contributed by atoms with E-state index in [-0.39, 0.29) is 36.1 Å². The van der Waals surface area contributed by atoms with Crippen molar-refractivity contribution in [2.24, 2.45) is 5.92 Å². The average Bonchev–Trinajstić information content (AvgIpc) is 2.55. The first kappa shape index (κ1) is 15.5. The quantitative estimate of drug-likeness (QED) is 0.868. The van der Waals surface area contributed by atoms with Gasteiger partial charge in [-0.2, -0.15) is 0 Å². The molecule has 5 unspecified atom stereocenters. The number of aliphatic hydroxyl groups excluding tert-OH is 1. The van der Waals surface area contributed by atoms with E-state index in [2.05, 4.69) is 24.0 Å². The van der Waals surface area contributed by atoms with Gasteiger partial charge in [0.2, 0.25) is 0 Å². The Hall–Kier alpha value is -1.39. The van der Waals surface area contributed by atoms with E-state index in [1.54, 1.807) is 0 Å². The van der Waals surface area contributed by atoms with Gasteiger partial charge in [0, 0.05) is 18.0 Å². The monoisotopic (exact) mass is 303 g/mol. The fourth-order valence-electron chi connectivity index (χ4n) is 4.22. The van der Waals surface area contributed by atoms with Crippen LogP contribution in [0.25, 0.3) is 0 Å². The Labute approximate surface area is 132 Å². The van der Waals surface area contributed by atoms with Crippen LogP contribution in [0, 0.1) is 5.92 Å². The molecule has 1 saturated carbocycles. The number of benzene rings is 1. The van der Waals surface area contributed by atoms with Gasteiger partial charge in [0.05, 0.1) is 12.7 Å². The summed E-state index contributed by atoms with van der Waals surface area (Å²) in [6, 6.07) is 10.4. The highest BCUT2D eigenvalue weighted by Gasteiger charge is 2.51. The Morgan fingerprint density at radius 3 is 2.73 bits per heavy atom. The molecule has 2 bridgehead atoms. The standard InChI is InChI=1S/C18H25NO3/c1-3-22-18(21)17-15-10-9-14(11-16(15)20)19(17)12(2)13-7-5-4-6-8-13/h4-8,12,14-17,20H,3,9-11H2,1-2H3. The lowest BCUT2D eigenvalue weighted by Crippen LogP contribution is -2.63. The van der Waals surface area contributed by atoms with Gasteiger partial charge in [0.1, 0.15) is 6.04 Å². The van der Waals surface area contributed by atoms with Crippen LogP contribution in [0.15, 0.2) is 30.3 Å². The van der Waals surface area contributed by atoms with Crippen molar-refractivity contribution in [3.63, 3.8) is 0 Å². The molecule has 0 aromatic heterocycles. The number of carbonyl (C=O) groups is 1. The molecule has 4 rings (SSSR count). The predicted molar refractivity (Wildman–Crippen MR) is 84.3 cm³/mol. The van der Waals surface area contributed by atoms with Crippen LogP contribution in [0.5, 0.6) is 0 Å². The summed E-state index contributed by atoms with van der Waals surface area (Å²) in [5, 5.41) is 10.3. The zero-order valence-electron chi connectivity index (χ0n) is 13.3. The first-order valence-corrected chi connectivity index (χ1v) is 8.30. The molecule has 0 spiro atoms. The summed E-state index contributed by atoms with van der Waals surface area (Å²) in [6.07, 6.45) is 2.34. The minimum absolute atomic E-state index is 0.00443. The van der Waals surface area contributed by atoms with Gasteiger partial charge in [0.15, 0.2) is 0 Å². The van der Waals surface area contributed by atoms with Crippen molar-refractivity contribution < 1.29 is 14.6 Å². The maximum absolute atomic E-state index is 12.5. The van der Waals surface area contributed by atoms with Crippen molar-refractivity contribution in [3.8, 4) is 0 Å². The van der Waals surface area contributed by atoms with E-state index < -0.39 is 0 Å². The smallest absolute Gasteiger partial charge is 0.323 e. The summed E-state index contributed by atoms with van der Waals surface area (Å²) >= 11 is 0. The number of hydrogen-bond donors (Lipinski definition) is 1. The molecular weight excluding hydrogens is 278 g/mol. The first-order valence-electron chi connectivity index (χ1n) is 8.30. The molecule has 1 aromatic rings. The van der Waals surface area contributed by atoms with Crippen LogP contribution in [0.1, 0.15) is 44.7 Å². The van der Waals surface area contributed by atoms with Gasteiger partial charge in [0.25, 0.3) is 0 Å². The van der Waals surface area contributed by atoms with E-state index in [0.29, 0.717) is 6.61 Å². The first-order chi connectivity index (χ1) is 10.6. The minimum Gasteiger partial charge on any atom is -0.465 e. The summed E-state index contributed by atoms with van der Waals surface area (Å²) in [7, 11) is 0. The molecule has 2 saturated heterocycles. The van der Waals surface area contributed by atoms with Gasteiger partial charge < -0.3 is 9.84 Å². The molecule has 2 heterocycles. The summed E-state index contributed by atoms with van der Waals surface area (Å²) in [5.74, 6) is -0.186. The van der Waals surface area contributed by atoms with Gasteiger partial charge in [-0.25, -0.2) is 0 Å². The van der Waals surface area contributed by atoms with Crippen LogP contribution in [-0.2, 0) is 9.53 Å². The maximum atomic E-state index is 12.5. The van der Waals surface area contributed by atoms with E-state index in [4.69, 9.17) is 4.74 Å². The molecule has 3 fully saturated rings. The molecule has 0 amide bonds. The molecule has 1 N–H and O–H groups in total. The van der Waals surface area contributed by atoms with Crippen LogP contribution >= 0.6 is 0 Å². The molecule has 3 aliphatic rings. The number of hydrogen-bond acceptors (Lipinski definition) is 4. The van der Waals surface area contributed by atoms with Crippen molar-refractivity contribution in [1.82, 2.24) is 4.90 Å². The molecule has 1 aromatic carbocycles. The minimum atomic E-state index is -0.382. The summed E-state index contributed by atoms with van der Waals surface area (Å²) in [6.45, 7) is 4.37. The molecule has 2 aliphatic heterocycles. The summed E-state index contributed by atoms with van der Waals surface area (Å²) < 4.78 is 5.31. The van der Waals surface area contributed by atoms with Crippen molar-refractivity contribution >= 4 is 5.97 Å². The molecule has 1 aliphatic carbocycles. The highest BCUT2D eigenvalue weighted by Crippen LogP contribution is 2.44. The van der Waals surface area contributed by atoms with Crippen molar-refractivity contribution in [2.45, 2.75) is 57.3 Å².